The molecule has 0 radical (unpaired) electrons. The minimum absolute atomic E-state index is 0.0837. The van der Waals surface area contributed by atoms with Crippen molar-refractivity contribution < 1.29 is 19.1 Å². The Balaban J connectivity index is 1.37. The number of rotatable bonds is 4. The van der Waals surface area contributed by atoms with E-state index < -0.39 is 6.03 Å². The highest BCUT2D eigenvalue weighted by Gasteiger charge is 2.16. The number of ether oxygens (including phenoxy) is 2. The van der Waals surface area contributed by atoms with E-state index >= 15 is 0 Å². The van der Waals surface area contributed by atoms with Crippen LogP contribution in [0.3, 0.4) is 0 Å². The number of likely N-dealkylation sites (N-methyl/N-ethyl adjacent to an activating group) is 1. The Morgan fingerprint density at radius 3 is 2.55 bits per heavy atom. The first-order valence-corrected chi connectivity index (χ1v) is 9.29. The molecule has 3 amide bonds. The minimum atomic E-state index is -0.394. The SMILES string of the molecule is CN(CC(=O)Nc1cccc2ccccc12)C(=O)Nc1ccc2c(c1)OCCO2. The van der Waals surface area contributed by atoms with Crippen LogP contribution in [-0.2, 0) is 4.79 Å². The molecular formula is C22H21N3O4. The number of amides is 3. The summed E-state index contributed by atoms with van der Waals surface area (Å²) in [4.78, 5) is 26.2. The van der Waals surface area contributed by atoms with Gasteiger partial charge in [-0.2, -0.15) is 0 Å². The molecule has 3 aromatic carbocycles. The summed E-state index contributed by atoms with van der Waals surface area (Å²) in [7, 11) is 1.57. The molecule has 0 fully saturated rings. The third-order valence-electron chi connectivity index (χ3n) is 4.58. The minimum Gasteiger partial charge on any atom is -0.486 e. The van der Waals surface area contributed by atoms with Crippen LogP contribution < -0.4 is 20.1 Å². The van der Waals surface area contributed by atoms with Crippen LogP contribution in [0.15, 0.2) is 60.7 Å². The van der Waals surface area contributed by atoms with Gasteiger partial charge in [0.05, 0.1) is 0 Å². The Labute approximate surface area is 168 Å². The van der Waals surface area contributed by atoms with Crippen LogP contribution in [0, 0.1) is 0 Å². The standard InChI is InChI=1S/C22H21N3O4/c1-25(22(27)23-16-9-10-19-20(13-16)29-12-11-28-19)14-21(26)24-18-8-4-6-15-5-2-3-7-17(15)18/h2-10,13H,11-12,14H2,1H3,(H,23,27)(H,24,26). The van der Waals surface area contributed by atoms with Crippen LogP contribution in [0.25, 0.3) is 10.8 Å². The van der Waals surface area contributed by atoms with Crippen LogP contribution in [0.5, 0.6) is 11.5 Å². The van der Waals surface area contributed by atoms with Gasteiger partial charge in [0, 0.05) is 29.9 Å². The highest BCUT2D eigenvalue weighted by molar-refractivity contribution is 6.03. The van der Waals surface area contributed by atoms with Crippen LogP contribution in [-0.4, -0.2) is 43.6 Å². The maximum atomic E-state index is 12.4. The number of urea groups is 1. The Morgan fingerprint density at radius 1 is 0.931 bits per heavy atom. The quantitative estimate of drug-likeness (QED) is 0.711. The van der Waals surface area contributed by atoms with Crippen molar-refractivity contribution in [3.8, 4) is 11.5 Å². The Bertz CT molecular complexity index is 1060. The summed E-state index contributed by atoms with van der Waals surface area (Å²) >= 11 is 0. The second-order valence-corrected chi connectivity index (χ2v) is 6.72. The third-order valence-corrected chi connectivity index (χ3v) is 4.58. The molecule has 7 heteroatoms. The molecule has 3 aromatic rings. The Hall–Kier alpha value is -3.74. The van der Waals surface area contributed by atoms with E-state index in [1.807, 2.05) is 42.5 Å². The molecule has 0 bridgehead atoms. The Kier molecular flexibility index (Phi) is 5.20. The normalized spacial score (nSPS) is 12.3. The maximum Gasteiger partial charge on any atom is 0.322 e. The van der Waals surface area contributed by atoms with Crippen LogP contribution in [0.4, 0.5) is 16.2 Å². The lowest BCUT2D eigenvalue weighted by molar-refractivity contribution is -0.116. The average Bonchev–Trinajstić information content (AvgIpc) is 2.74. The predicted molar refractivity (Wildman–Crippen MR) is 112 cm³/mol. The molecule has 1 aliphatic heterocycles. The summed E-state index contributed by atoms with van der Waals surface area (Å²) in [6.07, 6.45) is 0. The molecule has 0 saturated carbocycles. The number of fused-ring (bicyclic) bond motifs is 2. The van der Waals surface area contributed by atoms with Gasteiger partial charge in [-0.25, -0.2) is 4.79 Å². The van der Waals surface area contributed by atoms with Crippen LogP contribution >= 0.6 is 0 Å². The second-order valence-electron chi connectivity index (χ2n) is 6.72. The monoisotopic (exact) mass is 391 g/mol. The lowest BCUT2D eigenvalue weighted by Crippen LogP contribution is -2.37. The van der Waals surface area contributed by atoms with E-state index in [1.165, 1.54) is 4.90 Å². The topological polar surface area (TPSA) is 79.9 Å². The molecule has 1 heterocycles. The first-order valence-electron chi connectivity index (χ1n) is 9.29. The molecule has 2 N–H and O–H groups in total. The number of hydrogen-bond acceptors (Lipinski definition) is 4. The van der Waals surface area contributed by atoms with Gasteiger partial charge in [-0.1, -0.05) is 36.4 Å². The number of nitrogens with one attached hydrogen (secondary N) is 2. The molecule has 0 saturated heterocycles. The average molecular weight is 391 g/mol. The van der Waals surface area contributed by atoms with Gasteiger partial charge in [-0.15, -0.1) is 0 Å². The summed E-state index contributed by atoms with van der Waals surface area (Å²) in [5.41, 5.74) is 1.29. The van der Waals surface area contributed by atoms with Crippen molar-refractivity contribution in [2.24, 2.45) is 0 Å². The summed E-state index contributed by atoms with van der Waals surface area (Å²) in [6.45, 7) is 0.894. The van der Waals surface area contributed by atoms with Crippen molar-refractivity contribution in [1.82, 2.24) is 4.90 Å². The van der Waals surface area contributed by atoms with Crippen LogP contribution in [0.2, 0.25) is 0 Å². The summed E-state index contributed by atoms with van der Waals surface area (Å²) in [5.74, 6) is 0.962. The summed E-state index contributed by atoms with van der Waals surface area (Å²) in [5, 5.41) is 7.63. The van der Waals surface area contributed by atoms with E-state index in [4.69, 9.17) is 9.47 Å². The third kappa shape index (κ3) is 4.24. The van der Waals surface area contributed by atoms with Gasteiger partial charge in [0.1, 0.15) is 19.8 Å². The number of benzene rings is 3. The molecule has 1 aliphatic rings. The molecule has 0 aromatic heterocycles. The van der Waals surface area contributed by atoms with E-state index in [0.29, 0.717) is 36.1 Å². The summed E-state index contributed by atoms with van der Waals surface area (Å²) < 4.78 is 11.0. The number of hydrogen-bond donors (Lipinski definition) is 2. The largest absolute Gasteiger partial charge is 0.486 e. The fraction of sp³-hybridized carbons (Fsp3) is 0.182. The zero-order chi connectivity index (χ0) is 20.2. The molecule has 0 atom stereocenters. The van der Waals surface area contributed by atoms with Gasteiger partial charge in [0.15, 0.2) is 11.5 Å². The van der Waals surface area contributed by atoms with Crippen molar-refractivity contribution in [3.05, 3.63) is 60.7 Å². The Morgan fingerprint density at radius 2 is 1.69 bits per heavy atom. The first-order chi connectivity index (χ1) is 14.1. The number of anilines is 2. The number of carbonyl (C=O) groups excluding carboxylic acids is 2. The molecular weight excluding hydrogens is 370 g/mol. The molecule has 0 spiro atoms. The fourth-order valence-electron chi connectivity index (χ4n) is 3.15. The van der Waals surface area contributed by atoms with Crippen molar-refractivity contribution >= 4 is 34.1 Å². The van der Waals surface area contributed by atoms with E-state index in [9.17, 15) is 9.59 Å². The maximum absolute atomic E-state index is 12.4. The van der Waals surface area contributed by atoms with E-state index in [2.05, 4.69) is 10.6 Å². The van der Waals surface area contributed by atoms with Gasteiger partial charge in [0.25, 0.3) is 0 Å². The first kappa shape index (κ1) is 18.6. The van der Waals surface area contributed by atoms with E-state index in [-0.39, 0.29) is 12.5 Å². The van der Waals surface area contributed by atoms with Crippen molar-refractivity contribution in [2.75, 3.05) is 37.4 Å². The van der Waals surface area contributed by atoms with Gasteiger partial charge < -0.3 is 25.0 Å². The molecule has 0 aliphatic carbocycles. The summed E-state index contributed by atoms with van der Waals surface area (Å²) in [6, 6.07) is 18.3. The number of nitrogens with zero attached hydrogens (tertiary/aromatic N) is 1. The number of carbonyl (C=O) groups is 2. The molecule has 148 valence electrons. The highest BCUT2D eigenvalue weighted by Crippen LogP contribution is 2.32. The van der Waals surface area contributed by atoms with Gasteiger partial charge in [-0.05, 0) is 23.6 Å². The lowest BCUT2D eigenvalue weighted by atomic mass is 10.1. The van der Waals surface area contributed by atoms with Gasteiger partial charge in [0.2, 0.25) is 5.91 Å². The van der Waals surface area contributed by atoms with Crippen molar-refractivity contribution in [1.29, 1.82) is 0 Å². The van der Waals surface area contributed by atoms with Crippen molar-refractivity contribution in [2.45, 2.75) is 0 Å². The highest BCUT2D eigenvalue weighted by atomic mass is 16.6. The zero-order valence-corrected chi connectivity index (χ0v) is 16.0. The second kappa shape index (κ2) is 8.10. The predicted octanol–water partition coefficient (Wildman–Crippen LogP) is 3.71. The fourth-order valence-corrected chi connectivity index (χ4v) is 3.15. The van der Waals surface area contributed by atoms with Crippen LogP contribution in [0.1, 0.15) is 0 Å². The van der Waals surface area contributed by atoms with Crippen molar-refractivity contribution in [3.63, 3.8) is 0 Å². The van der Waals surface area contributed by atoms with Gasteiger partial charge >= 0.3 is 6.03 Å². The molecule has 7 nitrogen and oxygen atoms in total. The molecule has 0 unspecified atom stereocenters. The van der Waals surface area contributed by atoms with E-state index in [0.717, 1.165) is 10.8 Å². The van der Waals surface area contributed by atoms with Gasteiger partial charge in [-0.3, -0.25) is 4.79 Å². The van der Waals surface area contributed by atoms with E-state index in [1.54, 1.807) is 25.2 Å². The smallest absolute Gasteiger partial charge is 0.322 e. The molecule has 4 rings (SSSR count). The molecule has 29 heavy (non-hydrogen) atoms. The lowest BCUT2D eigenvalue weighted by Gasteiger charge is -2.21. The zero-order valence-electron chi connectivity index (χ0n) is 16.0.